The van der Waals surface area contributed by atoms with Crippen LogP contribution in [0.1, 0.15) is 24.8 Å². The van der Waals surface area contributed by atoms with Gasteiger partial charge in [0.25, 0.3) is 0 Å². The number of nitrogens with one attached hydrogen (secondary N) is 1. The van der Waals surface area contributed by atoms with Crippen molar-refractivity contribution in [3.8, 4) is 0 Å². The maximum Gasteiger partial charge on any atom is 0.231 e. The van der Waals surface area contributed by atoms with Gasteiger partial charge in [-0.05, 0) is 36.9 Å². The minimum absolute atomic E-state index is 0.188. The van der Waals surface area contributed by atoms with Crippen molar-refractivity contribution >= 4 is 34.8 Å². The quantitative estimate of drug-likeness (QED) is 0.918. The first-order valence-electron chi connectivity index (χ1n) is 6.03. The third kappa shape index (κ3) is 3.33. The van der Waals surface area contributed by atoms with Gasteiger partial charge in [-0.25, -0.2) is 0 Å². The zero-order chi connectivity index (χ0) is 13.8. The topological polar surface area (TPSA) is 53.9 Å². The second-order valence-corrected chi connectivity index (χ2v) is 5.38. The number of hydrogen-bond acceptors (Lipinski definition) is 6. The van der Waals surface area contributed by atoms with Crippen LogP contribution in [0.3, 0.4) is 0 Å². The summed E-state index contributed by atoms with van der Waals surface area (Å²) < 4.78 is 0. The molecule has 1 atom stereocenters. The van der Waals surface area contributed by atoms with Crippen LogP contribution < -0.4 is 10.2 Å². The maximum absolute atomic E-state index is 5.93. The molecule has 0 aliphatic heterocycles. The van der Waals surface area contributed by atoms with Crippen LogP contribution in [0.5, 0.6) is 0 Å². The molecule has 1 unspecified atom stereocenters. The van der Waals surface area contributed by atoms with E-state index in [0.29, 0.717) is 11.9 Å². The van der Waals surface area contributed by atoms with Gasteiger partial charge in [0.15, 0.2) is 0 Å². The Balaban J connectivity index is 2.25. The molecular weight excluding hydrogens is 282 g/mol. The van der Waals surface area contributed by atoms with Gasteiger partial charge in [-0.2, -0.15) is 15.0 Å². The van der Waals surface area contributed by atoms with Crippen LogP contribution in [0.25, 0.3) is 0 Å². The molecule has 0 saturated carbocycles. The average Bonchev–Trinajstić information content (AvgIpc) is 2.90. The van der Waals surface area contributed by atoms with Crippen LogP contribution in [0.15, 0.2) is 17.5 Å². The van der Waals surface area contributed by atoms with E-state index < -0.39 is 0 Å². The van der Waals surface area contributed by atoms with E-state index in [0.717, 1.165) is 6.54 Å². The highest BCUT2D eigenvalue weighted by molar-refractivity contribution is 7.10. The Bertz CT molecular complexity index is 531. The zero-order valence-corrected chi connectivity index (χ0v) is 12.7. The molecule has 0 aliphatic carbocycles. The van der Waals surface area contributed by atoms with Crippen molar-refractivity contribution in [3.05, 3.63) is 27.7 Å². The van der Waals surface area contributed by atoms with Crippen LogP contribution in [-0.2, 0) is 0 Å². The van der Waals surface area contributed by atoms with E-state index in [1.165, 1.54) is 4.88 Å². The summed E-state index contributed by atoms with van der Waals surface area (Å²) in [6.07, 6.45) is 0. The lowest BCUT2D eigenvalue weighted by Crippen LogP contribution is -2.24. The Morgan fingerprint density at radius 2 is 2.21 bits per heavy atom. The summed E-state index contributed by atoms with van der Waals surface area (Å²) in [6, 6.07) is 4.32. The second kappa shape index (κ2) is 6.16. The Labute approximate surface area is 121 Å². The third-order valence-corrected chi connectivity index (χ3v) is 3.99. The molecule has 2 aromatic heterocycles. The van der Waals surface area contributed by atoms with Gasteiger partial charge in [0.1, 0.15) is 0 Å². The standard InChI is InChI=1S/C12H16ClN5S/c1-4-14-11-15-10(13)16-12(17-11)18(3)8(2)9-6-5-7-19-9/h5-8H,4H2,1-3H3,(H,14,15,16,17). The molecule has 102 valence electrons. The molecule has 2 heterocycles. The van der Waals surface area contributed by atoms with E-state index in [1.807, 2.05) is 24.9 Å². The fraction of sp³-hybridized carbons (Fsp3) is 0.417. The van der Waals surface area contributed by atoms with Crippen LogP contribution in [0, 0.1) is 0 Å². The number of thiophene rings is 1. The lowest BCUT2D eigenvalue weighted by molar-refractivity contribution is 0.724. The Hall–Kier alpha value is -1.40. The molecule has 19 heavy (non-hydrogen) atoms. The lowest BCUT2D eigenvalue weighted by atomic mass is 10.2. The summed E-state index contributed by atoms with van der Waals surface area (Å²) in [5.74, 6) is 1.07. The molecule has 5 nitrogen and oxygen atoms in total. The summed E-state index contributed by atoms with van der Waals surface area (Å²) in [7, 11) is 1.95. The SMILES string of the molecule is CCNc1nc(Cl)nc(N(C)C(C)c2cccs2)n1. The number of anilines is 2. The normalized spacial score (nSPS) is 12.2. The van der Waals surface area contributed by atoms with Gasteiger partial charge in [0.2, 0.25) is 17.2 Å². The van der Waals surface area contributed by atoms with Crippen molar-refractivity contribution in [2.24, 2.45) is 0 Å². The van der Waals surface area contributed by atoms with E-state index in [-0.39, 0.29) is 11.3 Å². The predicted octanol–water partition coefficient (Wildman–Crippen LogP) is 3.22. The molecule has 7 heteroatoms. The van der Waals surface area contributed by atoms with Crippen molar-refractivity contribution in [2.75, 3.05) is 23.8 Å². The highest BCUT2D eigenvalue weighted by Crippen LogP contribution is 2.26. The highest BCUT2D eigenvalue weighted by Gasteiger charge is 2.17. The van der Waals surface area contributed by atoms with Crippen LogP contribution in [-0.4, -0.2) is 28.5 Å². The number of rotatable bonds is 5. The van der Waals surface area contributed by atoms with Gasteiger partial charge >= 0.3 is 0 Å². The number of halogens is 1. The summed E-state index contributed by atoms with van der Waals surface area (Å²) >= 11 is 7.64. The lowest BCUT2D eigenvalue weighted by Gasteiger charge is -2.24. The van der Waals surface area contributed by atoms with Gasteiger partial charge in [-0.15, -0.1) is 11.3 Å². The van der Waals surface area contributed by atoms with E-state index >= 15 is 0 Å². The molecule has 2 aromatic rings. The highest BCUT2D eigenvalue weighted by atomic mass is 35.5. The van der Waals surface area contributed by atoms with Gasteiger partial charge in [-0.3, -0.25) is 0 Å². The van der Waals surface area contributed by atoms with Crippen LogP contribution in [0.4, 0.5) is 11.9 Å². The first-order valence-corrected chi connectivity index (χ1v) is 7.29. The average molecular weight is 298 g/mol. The molecule has 0 aromatic carbocycles. The van der Waals surface area contributed by atoms with E-state index in [4.69, 9.17) is 11.6 Å². The van der Waals surface area contributed by atoms with Gasteiger partial charge < -0.3 is 10.2 Å². The summed E-state index contributed by atoms with van der Waals surface area (Å²) in [5.41, 5.74) is 0. The van der Waals surface area contributed by atoms with E-state index in [1.54, 1.807) is 11.3 Å². The molecule has 0 fully saturated rings. The molecule has 0 radical (unpaired) electrons. The van der Waals surface area contributed by atoms with E-state index in [9.17, 15) is 0 Å². The van der Waals surface area contributed by atoms with Crippen molar-refractivity contribution in [3.63, 3.8) is 0 Å². The summed E-state index contributed by atoms with van der Waals surface area (Å²) in [6.45, 7) is 4.83. The monoisotopic (exact) mass is 297 g/mol. The number of aromatic nitrogens is 3. The van der Waals surface area contributed by atoms with Crippen LogP contribution >= 0.6 is 22.9 Å². The number of hydrogen-bond donors (Lipinski definition) is 1. The van der Waals surface area contributed by atoms with Gasteiger partial charge in [0.05, 0.1) is 6.04 Å². The minimum Gasteiger partial charge on any atom is -0.354 e. The molecule has 0 bridgehead atoms. The van der Waals surface area contributed by atoms with Crippen molar-refractivity contribution in [2.45, 2.75) is 19.9 Å². The van der Waals surface area contributed by atoms with Crippen LogP contribution in [0.2, 0.25) is 5.28 Å². The predicted molar refractivity (Wildman–Crippen MR) is 80.1 cm³/mol. The van der Waals surface area contributed by atoms with Gasteiger partial charge in [0, 0.05) is 18.5 Å². The summed E-state index contributed by atoms with van der Waals surface area (Å²) in [4.78, 5) is 15.8. The fourth-order valence-electron chi connectivity index (χ4n) is 1.63. The zero-order valence-electron chi connectivity index (χ0n) is 11.1. The largest absolute Gasteiger partial charge is 0.354 e. The fourth-order valence-corrected chi connectivity index (χ4v) is 2.61. The second-order valence-electron chi connectivity index (χ2n) is 4.06. The smallest absolute Gasteiger partial charge is 0.231 e. The molecule has 0 saturated heterocycles. The number of nitrogens with zero attached hydrogens (tertiary/aromatic N) is 4. The molecule has 2 rings (SSSR count). The Morgan fingerprint density at radius 1 is 1.42 bits per heavy atom. The Kier molecular flexibility index (Phi) is 4.55. The van der Waals surface area contributed by atoms with E-state index in [2.05, 4.69) is 38.6 Å². The Morgan fingerprint density at radius 3 is 2.84 bits per heavy atom. The molecule has 1 N–H and O–H groups in total. The first kappa shape index (κ1) is 14.0. The van der Waals surface area contributed by atoms with Crippen molar-refractivity contribution in [1.82, 2.24) is 15.0 Å². The molecular formula is C12H16ClN5S. The van der Waals surface area contributed by atoms with Gasteiger partial charge in [-0.1, -0.05) is 6.07 Å². The van der Waals surface area contributed by atoms with Crippen molar-refractivity contribution < 1.29 is 0 Å². The molecule has 0 aliphatic rings. The summed E-state index contributed by atoms with van der Waals surface area (Å²) in [5, 5.41) is 5.31. The minimum atomic E-state index is 0.188. The first-order chi connectivity index (χ1) is 9.11. The van der Waals surface area contributed by atoms with Crippen molar-refractivity contribution in [1.29, 1.82) is 0 Å². The molecule has 0 amide bonds. The molecule has 0 spiro atoms. The maximum atomic E-state index is 5.93. The third-order valence-electron chi connectivity index (χ3n) is 2.78.